The fourth-order valence-corrected chi connectivity index (χ4v) is 1.82. The number of nitrogens with one attached hydrogen (secondary N) is 3. The number of hydrogen-bond donors (Lipinski definition) is 3. The predicted octanol–water partition coefficient (Wildman–Crippen LogP) is 3.24. The first-order chi connectivity index (χ1) is 9.94. The molecule has 0 fully saturated rings. The third kappa shape index (κ3) is 4.22. The van der Waals surface area contributed by atoms with Gasteiger partial charge in [0, 0.05) is 18.7 Å². The smallest absolute Gasteiger partial charge is 0.324 e. The van der Waals surface area contributed by atoms with Crippen LogP contribution < -0.4 is 16.0 Å². The Morgan fingerprint density at radius 3 is 2.52 bits per heavy atom. The Morgan fingerprint density at radius 1 is 1.19 bits per heavy atom. The molecule has 8 heteroatoms. The topological polar surface area (TPSA) is 96.3 Å². The van der Waals surface area contributed by atoms with Gasteiger partial charge in [-0.25, -0.2) is 4.79 Å². The van der Waals surface area contributed by atoms with E-state index in [0.29, 0.717) is 28.0 Å². The fraction of sp³-hybridized carbons (Fsp3) is 0.154. The number of amides is 3. The van der Waals surface area contributed by atoms with Crippen LogP contribution in [-0.4, -0.2) is 17.1 Å². The van der Waals surface area contributed by atoms with E-state index in [9.17, 15) is 9.59 Å². The zero-order valence-electron chi connectivity index (χ0n) is 11.4. The Hall–Kier alpha value is -2.54. The molecule has 0 aliphatic carbocycles. The van der Waals surface area contributed by atoms with E-state index in [1.165, 1.54) is 13.0 Å². The van der Waals surface area contributed by atoms with Crippen molar-refractivity contribution in [2.75, 3.05) is 16.0 Å². The van der Waals surface area contributed by atoms with E-state index in [0.717, 1.165) is 0 Å². The average molecular weight is 309 g/mol. The Bertz CT molecular complexity index is 684. The third-order valence-corrected chi connectivity index (χ3v) is 2.72. The summed E-state index contributed by atoms with van der Waals surface area (Å²) in [7, 11) is 0. The predicted molar refractivity (Wildman–Crippen MR) is 79.6 cm³/mol. The number of nitrogens with zero attached hydrogens (tertiary/aromatic N) is 1. The molecule has 2 rings (SSSR count). The van der Waals surface area contributed by atoms with Gasteiger partial charge in [-0.1, -0.05) is 16.8 Å². The molecule has 21 heavy (non-hydrogen) atoms. The van der Waals surface area contributed by atoms with Crippen LogP contribution in [0.3, 0.4) is 0 Å². The van der Waals surface area contributed by atoms with Crippen LogP contribution in [0.5, 0.6) is 0 Å². The van der Waals surface area contributed by atoms with E-state index in [1.54, 1.807) is 25.1 Å². The first-order valence-electron chi connectivity index (χ1n) is 6.02. The lowest BCUT2D eigenvalue weighted by Gasteiger charge is -2.09. The summed E-state index contributed by atoms with van der Waals surface area (Å²) in [6.07, 6.45) is 0. The van der Waals surface area contributed by atoms with E-state index in [4.69, 9.17) is 16.1 Å². The first kappa shape index (κ1) is 14.9. The SMILES string of the molecule is CC(=O)Nc1ccc(NC(=O)Nc2cc(C)on2)cc1Cl. The summed E-state index contributed by atoms with van der Waals surface area (Å²) in [6, 6.07) is 5.85. The van der Waals surface area contributed by atoms with Crippen LogP contribution in [0.2, 0.25) is 5.02 Å². The van der Waals surface area contributed by atoms with Gasteiger partial charge in [0.15, 0.2) is 5.82 Å². The Morgan fingerprint density at radius 2 is 1.95 bits per heavy atom. The number of rotatable bonds is 3. The number of carbonyl (C=O) groups excluding carboxylic acids is 2. The standard InChI is InChI=1S/C13H13ClN4O3/c1-7-5-12(18-21-7)17-13(20)16-9-3-4-11(10(14)6-9)15-8(2)19/h3-6H,1-2H3,(H,15,19)(H2,16,17,18,20). The summed E-state index contributed by atoms with van der Waals surface area (Å²) >= 11 is 6.01. The van der Waals surface area contributed by atoms with Crippen molar-refractivity contribution < 1.29 is 14.1 Å². The molecule has 0 unspecified atom stereocenters. The minimum Gasteiger partial charge on any atom is -0.360 e. The molecule has 0 aliphatic heterocycles. The van der Waals surface area contributed by atoms with Crippen molar-refractivity contribution in [2.24, 2.45) is 0 Å². The van der Waals surface area contributed by atoms with Crippen molar-refractivity contribution >= 4 is 40.7 Å². The second-order valence-electron chi connectivity index (χ2n) is 4.28. The number of aryl methyl sites for hydroxylation is 1. The van der Waals surface area contributed by atoms with Gasteiger partial charge in [0.25, 0.3) is 0 Å². The second-order valence-corrected chi connectivity index (χ2v) is 4.68. The van der Waals surface area contributed by atoms with Gasteiger partial charge in [-0.2, -0.15) is 0 Å². The average Bonchev–Trinajstić information content (AvgIpc) is 2.77. The highest BCUT2D eigenvalue weighted by Gasteiger charge is 2.08. The molecule has 0 radical (unpaired) electrons. The Kier molecular flexibility index (Phi) is 4.44. The minimum atomic E-state index is -0.480. The Labute approximate surface area is 125 Å². The summed E-state index contributed by atoms with van der Waals surface area (Å²) < 4.78 is 4.83. The van der Waals surface area contributed by atoms with Crippen LogP contribution in [0.4, 0.5) is 22.0 Å². The molecular weight excluding hydrogens is 296 g/mol. The van der Waals surface area contributed by atoms with Crippen LogP contribution in [0.25, 0.3) is 0 Å². The van der Waals surface area contributed by atoms with Crippen LogP contribution in [0.15, 0.2) is 28.8 Å². The molecular formula is C13H13ClN4O3. The number of urea groups is 1. The minimum absolute atomic E-state index is 0.225. The third-order valence-electron chi connectivity index (χ3n) is 2.41. The van der Waals surface area contributed by atoms with Crippen molar-refractivity contribution in [2.45, 2.75) is 13.8 Å². The second kappa shape index (κ2) is 6.27. The van der Waals surface area contributed by atoms with Crippen molar-refractivity contribution in [1.82, 2.24) is 5.16 Å². The zero-order chi connectivity index (χ0) is 15.4. The molecule has 7 nitrogen and oxygen atoms in total. The lowest BCUT2D eigenvalue weighted by Crippen LogP contribution is -2.19. The number of hydrogen-bond acceptors (Lipinski definition) is 4. The van der Waals surface area contributed by atoms with Gasteiger partial charge in [0.2, 0.25) is 5.91 Å². The molecule has 0 atom stereocenters. The quantitative estimate of drug-likeness (QED) is 0.811. The van der Waals surface area contributed by atoms with E-state index >= 15 is 0 Å². The van der Waals surface area contributed by atoms with Gasteiger partial charge in [0.1, 0.15) is 5.76 Å². The molecule has 2 aromatic rings. The summed E-state index contributed by atoms with van der Waals surface area (Å²) in [5.41, 5.74) is 0.953. The zero-order valence-corrected chi connectivity index (χ0v) is 12.1. The lowest BCUT2D eigenvalue weighted by atomic mass is 10.2. The van der Waals surface area contributed by atoms with Crippen LogP contribution in [-0.2, 0) is 4.79 Å². The Balaban J connectivity index is 2.01. The first-order valence-corrected chi connectivity index (χ1v) is 6.40. The number of anilines is 3. The van der Waals surface area contributed by atoms with Crippen LogP contribution in [0, 0.1) is 6.92 Å². The molecule has 1 aromatic heterocycles. The molecule has 1 heterocycles. The van der Waals surface area contributed by atoms with E-state index in [1.807, 2.05) is 0 Å². The van der Waals surface area contributed by atoms with Crippen molar-refractivity contribution in [3.63, 3.8) is 0 Å². The van der Waals surface area contributed by atoms with E-state index in [2.05, 4.69) is 21.1 Å². The van der Waals surface area contributed by atoms with Gasteiger partial charge < -0.3 is 15.2 Å². The summed E-state index contributed by atoms with van der Waals surface area (Å²) in [5, 5.41) is 11.6. The maximum atomic E-state index is 11.7. The van der Waals surface area contributed by atoms with Crippen molar-refractivity contribution in [1.29, 1.82) is 0 Å². The maximum absolute atomic E-state index is 11.7. The molecule has 3 N–H and O–H groups in total. The normalized spacial score (nSPS) is 10.0. The van der Waals surface area contributed by atoms with Crippen LogP contribution in [0.1, 0.15) is 12.7 Å². The van der Waals surface area contributed by atoms with Gasteiger partial charge in [-0.15, -0.1) is 0 Å². The molecule has 110 valence electrons. The van der Waals surface area contributed by atoms with Crippen molar-refractivity contribution in [3.8, 4) is 0 Å². The fourth-order valence-electron chi connectivity index (χ4n) is 1.59. The molecule has 0 bridgehead atoms. The van der Waals surface area contributed by atoms with Gasteiger partial charge in [0.05, 0.1) is 10.7 Å². The number of halogens is 1. The van der Waals surface area contributed by atoms with E-state index in [-0.39, 0.29) is 5.91 Å². The molecule has 3 amide bonds. The van der Waals surface area contributed by atoms with Crippen LogP contribution >= 0.6 is 11.6 Å². The highest BCUT2D eigenvalue weighted by molar-refractivity contribution is 6.34. The monoisotopic (exact) mass is 308 g/mol. The molecule has 0 spiro atoms. The molecule has 0 saturated carbocycles. The highest BCUT2D eigenvalue weighted by Crippen LogP contribution is 2.25. The lowest BCUT2D eigenvalue weighted by molar-refractivity contribution is -0.114. The highest BCUT2D eigenvalue weighted by atomic mass is 35.5. The summed E-state index contributed by atoms with van der Waals surface area (Å²) in [6.45, 7) is 3.10. The molecule has 0 aliphatic rings. The van der Waals surface area contributed by atoms with Crippen molar-refractivity contribution in [3.05, 3.63) is 35.0 Å². The van der Waals surface area contributed by atoms with Gasteiger partial charge in [-0.3, -0.25) is 10.1 Å². The summed E-state index contributed by atoms with van der Waals surface area (Å²) in [5.74, 6) is 0.677. The van der Waals surface area contributed by atoms with Gasteiger partial charge >= 0.3 is 6.03 Å². The number of carbonyl (C=O) groups is 2. The largest absolute Gasteiger partial charge is 0.360 e. The maximum Gasteiger partial charge on any atom is 0.324 e. The van der Waals surface area contributed by atoms with Gasteiger partial charge in [-0.05, 0) is 25.1 Å². The molecule has 0 saturated heterocycles. The number of benzene rings is 1. The van der Waals surface area contributed by atoms with E-state index < -0.39 is 6.03 Å². The number of aromatic nitrogens is 1. The summed E-state index contributed by atoms with van der Waals surface area (Å²) in [4.78, 5) is 22.7. The molecule has 1 aromatic carbocycles.